The number of nitrogens with zero attached hydrogens (tertiary/aromatic N) is 1. The normalized spacial score (nSPS) is 27.9. The molecule has 2 heterocycles. The molecule has 2 saturated heterocycles. The molecule has 3 N–H and O–H groups in total. The quantitative estimate of drug-likeness (QED) is 0.273. The van der Waals surface area contributed by atoms with Gasteiger partial charge in [-0.25, -0.2) is 0 Å². The summed E-state index contributed by atoms with van der Waals surface area (Å²) >= 11 is 0. The van der Waals surface area contributed by atoms with Gasteiger partial charge in [0.25, 0.3) is 0 Å². The number of aromatic hydroxyl groups is 1. The lowest BCUT2D eigenvalue weighted by atomic mass is 9.58. The van der Waals surface area contributed by atoms with Gasteiger partial charge >= 0.3 is 7.12 Å². The Bertz CT molecular complexity index is 1380. The number of benzene rings is 2. The van der Waals surface area contributed by atoms with Crippen molar-refractivity contribution in [3.8, 4) is 5.75 Å². The van der Waals surface area contributed by atoms with Crippen LogP contribution in [-0.4, -0.2) is 57.8 Å². The summed E-state index contributed by atoms with van der Waals surface area (Å²) < 4.78 is 6.04. The van der Waals surface area contributed by atoms with E-state index in [1.54, 1.807) is 11.0 Å². The van der Waals surface area contributed by atoms with Crippen molar-refractivity contribution >= 4 is 35.8 Å². The Labute approximate surface area is 235 Å². The summed E-state index contributed by atoms with van der Waals surface area (Å²) in [6, 6.07) is 11.3. The maximum atomic E-state index is 13.8. The number of phenols is 1. The van der Waals surface area contributed by atoms with Crippen molar-refractivity contribution in [3.63, 3.8) is 0 Å². The van der Waals surface area contributed by atoms with E-state index in [0.717, 1.165) is 65.2 Å². The molecule has 2 aromatic rings. The van der Waals surface area contributed by atoms with Crippen molar-refractivity contribution in [2.75, 3.05) is 6.61 Å². The molecule has 6 rings (SSSR count). The minimum absolute atomic E-state index is 0.0234. The molecule has 0 spiro atoms. The van der Waals surface area contributed by atoms with E-state index in [2.05, 4.69) is 13.0 Å². The Morgan fingerprint density at radius 3 is 2.55 bits per heavy atom. The molecular formula is C32H38BNO6. The van der Waals surface area contributed by atoms with Crippen LogP contribution in [-0.2, 0) is 14.2 Å². The van der Waals surface area contributed by atoms with Gasteiger partial charge in [0, 0.05) is 11.4 Å². The second-order valence-corrected chi connectivity index (χ2v) is 12.1. The zero-order valence-corrected chi connectivity index (χ0v) is 23.1. The molecule has 40 heavy (non-hydrogen) atoms. The number of fused-ring (bicyclic) bond motifs is 4. The van der Waals surface area contributed by atoms with E-state index < -0.39 is 25.1 Å². The number of aliphatic hydroxyl groups is 1. The smallest absolute Gasteiger partial charge is 0.455 e. The number of aliphatic hydroxyl groups excluding tert-OH is 1. The molecule has 2 aliphatic heterocycles. The SMILES string of the molecule is C/C(=C\c1ccc(O)c2ccccc12)CC[C@H]1OB(O)C[C@H]2C1=C(CO)C[C@H]1C(=O)N(C3CCCCC3)C(=O)[C@H]12. The van der Waals surface area contributed by atoms with Crippen LogP contribution in [0.5, 0.6) is 5.75 Å². The number of likely N-dealkylation sites (tertiary alicyclic amines) is 1. The Hall–Kier alpha value is -2.94. The summed E-state index contributed by atoms with van der Waals surface area (Å²) in [5.74, 6) is -1.18. The van der Waals surface area contributed by atoms with Crippen LogP contribution >= 0.6 is 0 Å². The summed E-state index contributed by atoms with van der Waals surface area (Å²) in [6.45, 7) is 1.88. The van der Waals surface area contributed by atoms with E-state index in [1.165, 1.54) is 0 Å². The predicted molar refractivity (Wildman–Crippen MR) is 154 cm³/mol. The van der Waals surface area contributed by atoms with Crippen molar-refractivity contribution in [3.05, 3.63) is 58.7 Å². The number of carbonyl (C=O) groups excluding carboxylic acids is 2. The van der Waals surface area contributed by atoms with E-state index in [9.17, 15) is 24.8 Å². The number of hydrogen-bond donors (Lipinski definition) is 3. The standard InChI is InChI=1S/C32H38BNO6/c1-19(15-20-12-13-27(36)24-10-6-5-9-23(20)24)11-14-28-29-21(18-35)16-25-30(26(29)17-33(39)40-28)32(38)34(31(25)37)22-7-3-2-4-8-22/h5-6,9-10,12-13,15,22,25-26,28,30,35-36,39H,2-4,7-8,11,14,16-18H2,1H3/b19-15+/t25-,26+,28-,30-/m1/s1. The molecule has 4 aliphatic rings. The molecule has 0 unspecified atom stereocenters. The van der Waals surface area contributed by atoms with Crippen LogP contribution in [0.25, 0.3) is 16.8 Å². The first kappa shape index (κ1) is 27.2. The van der Waals surface area contributed by atoms with Gasteiger partial charge in [0.15, 0.2) is 0 Å². The van der Waals surface area contributed by atoms with Gasteiger partial charge in [-0.1, -0.05) is 61.2 Å². The Morgan fingerprint density at radius 1 is 1.05 bits per heavy atom. The first-order valence-electron chi connectivity index (χ1n) is 14.8. The van der Waals surface area contributed by atoms with Crippen LogP contribution in [0.2, 0.25) is 6.32 Å². The van der Waals surface area contributed by atoms with E-state index in [1.807, 2.05) is 30.3 Å². The van der Waals surface area contributed by atoms with Crippen molar-refractivity contribution in [2.45, 2.75) is 76.8 Å². The molecule has 0 bridgehead atoms. The summed E-state index contributed by atoms with van der Waals surface area (Å²) in [5, 5.41) is 33.2. The lowest BCUT2D eigenvalue weighted by Crippen LogP contribution is -2.47. The second-order valence-electron chi connectivity index (χ2n) is 12.1. The van der Waals surface area contributed by atoms with Crippen LogP contribution in [0.15, 0.2) is 53.1 Å². The van der Waals surface area contributed by atoms with Crippen molar-refractivity contribution in [1.82, 2.24) is 4.90 Å². The highest BCUT2D eigenvalue weighted by Crippen LogP contribution is 2.51. The van der Waals surface area contributed by atoms with E-state index in [0.29, 0.717) is 19.3 Å². The van der Waals surface area contributed by atoms with Gasteiger partial charge in [-0.05, 0) is 79.4 Å². The largest absolute Gasteiger partial charge is 0.507 e. The molecule has 8 heteroatoms. The highest BCUT2D eigenvalue weighted by atomic mass is 16.5. The highest BCUT2D eigenvalue weighted by Gasteiger charge is 2.58. The van der Waals surface area contributed by atoms with Gasteiger partial charge in [0.1, 0.15) is 5.75 Å². The van der Waals surface area contributed by atoms with Gasteiger partial charge in [0.2, 0.25) is 11.8 Å². The van der Waals surface area contributed by atoms with Gasteiger partial charge < -0.3 is 19.9 Å². The van der Waals surface area contributed by atoms with Gasteiger partial charge in [-0.3, -0.25) is 14.5 Å². The first-order chi connectivity index (χ1) is 19.4. The molecule has 210 valence electrons. The molecule has 2 amide bonds. The Morgan fingerprint density at radius 2 is 1.80 bits per heavy atom. The number of rotatable bonds is 6. The van der Waals surface area contributed by atoms with E-state index in [-0.39, 0.29) is 42.5 Å². The number of amides is 2. The molecule has 7 nitrogen and oxygen atoms in total. The molecule has 1 saturated carbocycles. The third kappa shape index (κ3) is 4.80. The monoisotopic (exact) mass is 543 g/mol. The molecule has 0 aromatic heterocycles. The topological polar surface area (TPSA) is 107 Å². The summed E-state index contributed by atoms with van der Waals surface area (Å²) in [6.07, 6.45) is 8.56. The fourth-order valence-corrected chi connectivity index (χ4v) is 7.76. The summed E-state index contributed by atoms with van der Waals surface area (Å²) in [7, 11) is -1.02. The van der Waals surface area contributed by atoms with E-state index >= 15 is 0 Å². The van der Waals surface area contributed by atoms with Crippen LogP contribution in [0, 0.1) is 17.8 Å². The minimum Gasteiger partial charge on any atom is -0.507 e. The number of phenolic OH excluding ortho intramolecular Hbond substituents is 1. The molecule has 4 atom stereocenters. The molecule has 3 fully saturated rings. The molecule has 2 aromatic carbocycles. The zero-order valence-electron chi connectivity index (χ0n) is 23.1. The average molecular weight is 543 g/mol. The molecule has 0 radical (unpaired) electrons. The van der Waals surface area contributed by atoms with Gasteiger partial charge in [-0.2, -0.15) is 0 Å². The van der Waals surface area contributed by atoms with Crippen LogP contribution in [0.1, 0.15) is 63.9 Å². The third-order valence-corrected chi connectivity index (χ3v) is 9.61. The fourth-order valence-electron chi connectivity index (χ4n) is 7.76. The summed E-state index contributed by atoms with van der Waals surface area (Å²) in [5.41, 5.74) is 3.85. The van der Waals surface area contributed by atoms with Crippen molar-refractivity contribution in [2.24, 2.45) is 17.8 Å². The highest BCUT2D eigenvalue weighted by molar-refractivity contribution is 6.43. The third-order valence-electron chi connectivity index (χ3n) is 9.61. The Balaban J connectivity index is 1.24. The van der Waals surface area contributed by atoms with Crippen LogP contribution in [0.3, 0.4) is 0 Å². The summed E-state index contributed by atoms with van der Waals surface area (Å²) in [4.78, 5) is 28.9. The second kappa shape index (κ2) is 11.1. The minimum atomic E-state index is -1.02. The maximum Gasteiger partial charge on any atom is 0.455 e. The number of carbonyl (C=O) groups is 2. The molecular weight excluding hydrogens is 505 g/mol. The predicted octanol–water partition coefficient (Wildman–Crippen LogP) is 4.85. The number of imide groups is 1. The maximum absolute atomic E-state index is 13.8. The van der Waals surface area contributed by atoms with Crippen molar-refractivity contribution < 1.29 is 29.5 Å². The van der Waals surface area contributed by atoms with Gasteiger partial charge in [-0.15, -0.1) is 0 Å². The molecule has 2 aliphatic carbocycles. The van der Waals surface area contributed by atoms with Gasteiger partial charge in [0.05, 0.1) is 24.5 Å². The average Bonchev–Trinajstić information content (AvgIpc) is 3.22. The first-order valence-corrected chi connectivity index (χ1v) is 14.8. The lowest BCUT2D eigenvalue weighted by Gasteiger charge is -2.43. The number of allylic oxidation sites excluding steroid dienone is 1. The van der Waals surface area contributed by atoms with Crippen LogP contribution < -0.4 is 0 Å². The van der Waals surface area contributed by atoms with E-state index in [4.69, 9.17) is 4.65 Å². The number of hydrogen-bond acceptors (Lipinski definition) is 6. The van der Waals surface area contributed by atoms with Crippen molar-refractivity contribution in [1.29, 1.82) is 0 Å². The Kier molecular flexibility index (Phi) is 7.59. The zero-order chi connectivity index (χ0) is 28.0. The lowest BCUT2D eigenvalue weighted by molar-refractivity contribution is -0.143. The van der Waals surface area contributed by atoms with Crippen LogP contribution in [0.4, 0.5) is 0 Å². The fraction of sp³-hybridized carbons (Fsp3) is 0.500.